The number of thioether (sulfide) groups is 1. The first-order valence-corrected chi connectivity index (χ1v) is 8.24. The van der Waals surface area contributed by atoms with Crippen LogP contribution in [0.25, 0.3) is 22.5 Å². The van der Waals surface area contributed by atoms with E-state index in [1.54, 1.807) is 16.8 Å². The maximum Gasteiger partial charge on any atom is 0.270 e. The van der Waals surface area contributed by atoms with E-state index in [4.69, 9.17) is 4.42 Å². The molecule has 1 aromatic carbocycles. The Morgan fingerprint density at radius 1 is 1.28 bits per heavy atom. The first-order chi connectivity index (χ1) is 12.3. The van der Waals surface area contributed by atoms with Crippen molar-refractivity contribution in [2.75, 3.05) is 0 Å². The van der Waals surface area contributed by atoms with Crippen LogP contribution in [0.5, 0.6) is 0 Å². The topological polar surface area (TPSA) is 113 Å². The van der Waals surface area contributed by atoms with Crippen molar-refractivity contribution in [1.29, 1.82) is 5.26 Å². The highest BCUT2D eigenvalue weighted by molar-refractivity contribution is 7.98. The van der Waals surface area contributed by atoms with Crippen LogP contribution in [-0.4, -0.2) is 25.0 Å². The summed E-state index contributed by atoms with van der Waals surface area (Å²) in [5.41, 5.74) is 1.32. The van der Waals surface area contributed by atoms with E-state index in [1.165, 1.54) is 18.0 Å². The van der Waals surface area contributed by atoms with Gasteiger partial charge in [0.2, 0.25) is 0 Å². The lowest BCUT2D eigenvalue weighted by Gasteiger charge is -2.05. The normalized spacial score (nSPS) is 10.8. The Labute approximate surface area is 145 Å². The lowest BCUT2D eigenvalue weighted by molar-refractivity contribution is 0.578. The summed E-state index contributed by atoms with van der Waals surface area (Å²) in [4.78, 5) is 19.1. The summed E-state index contributed by atoms with van der Waals surface area (Å²) < 4.78 is 6.99. The number of benzene rings is 1. The van der Waals surface area contributed by atoms with Crippen molar-refractivity contribution in [2.24, 2.45) is 0 Å². The molecule has 122 valence electrons. The molecule has 1 N–H and O–H groups in total. The fourth-order valence-electron chi connectivity index (χ4n) is 2.35. The van der Waals surface area contributed by atoms with Gasteiger partial charge >= 0.3 is 0 Å². The molecule has 25 heavy (non-hydrogen) atoms. The van der Waals surface area contributed by atoms with Crippen LogP contribution in [-0.2, 0) is 5.88 Å². The summed E-state index contributed by atoms with van der Waals surface area (Å²) in [5, 5.41) is 17.8. The number of nitriles is 1. The summed E-state index contributed by atoms with van der Waals surface area (Å²) >= 11 is 1.28. The molecule has 9 heteroatoms. The van der Waals surface area contributed by atoms with Gasteiger partial charge in [0.05, 0.1) is 17.7 Å². The van der Waals surface area contributed by atoms with Crippen molar-refractivity contribution in [3.63, 3.8) is 0 Å². The number of fused-ring (bicyclic) bond motifs is 1. The van der Waals surface area contributed by atoms with E-state index in [1.807, 2.05) is 30.3 Å². The third-order valence-corrected chi connectivity index (χ3v) is 4.35. The van der Waals surface area contributed by atoms with Gasteiger partial charge in [-0.25, -0.2) is 9.67 Å². The zero-order valence-electron chi connectivity index (χ0n) is 12.7. The van der Waals surface area contributed by atoms with Gasteiger partial charge in [0.15, 0.2) is 10.9 Å². The lowest BCUT2D eigenvalue weighted by atomic mass is 10.2. The predicted molar refractivity (Wildman–Crippen MR) is 90.7 cm³/mol. The number of nitrogens with one attached hydrogen (secondary N) is 1. The minimum absolute atomic E-state index is 0.0782. The molecule has 0 radical (unpaired) electrons. The van der Waals surface area contributed by atoms with Crippen LogP contribution >= 0.6 is 11.8 Å². The number of rotatable bonds is 4. The molecule has 4 rings (SSSR count). The first-order valence-electron chi connectivity index (χ1n) is 7.25. The molecule has 0 aliphatic rings. The highest BCUT2D eigenvalue weighted by Gasteiger charge is 2.16. The van der Waals surface area contributed by atoms with Gasteiger partial charge in [0, 0.05) is 0 Å². The minimum atomic E-state index is -0.505. The molecule has 4 aromatic rings. The van der Waals surface area contributed by atoms with Gasteiger partial charge in [-0.15, -0.1) is 5.10 Å². The Morgan fingerprint density at radius 2 is 2.16 bits per heavy atom. The van der Waals surface area contributed by atoms with E-state index in [0.29, 0.717) is 16.8 Å². The Balaban J connectivity index is 1.67. The van der Waals surface area contributed by atoms with Crippen molar-refractivity contribution < 1.29 is 4.42 Å². The predicted octanol–water partition coefficient (Wildman–Crippen LogP) is 2.40. The maximum absolute atomic E-state index is 12.2. The van der Waals surface area contributed by atoms with E-state index >= 15 is 0 Å². The van der Waals surface area contributed by atoms with Crippen molar-refractivity contribution in [3.05, 3.63) is 58.6 Å². The van der Waals surface area contributed by atoms with E-state index in [2.05, 4.69) is 20.3 Å². The standard InChI is InChI=1S/C16H10N6O2S/c17-8-10-14(13-6-3-7-24-13)18-16(19-15(10)23)25-9-22-12-5-2-1-4-11(12)20-21-22/h1-7H,9H2,(H,18,19,23). The number of aromatic nitrogens is 5. The van der Waals surface area contributed by atoms with E-state index in [9.17, 15) is 10.1 Å². The lowest BCUT2D eigenvalue weighted by Crippen LogP contribution is -2.15. The number of furan rings is 1. The van der Waals surface area contributed by atoms with Gasteiger partial charge in [-0.1, -0.05) is 29.1 Å². The molecule has 0 fully saturated rings. The van der Waals surface area contributed by atoms with Crippen LogP contribution in [0, 0.1) is 11.3 Å². The van der Waals surface area contributed by atoms with E-state index < -0.39 is 5.56 Å². The molecule has 0 aliphatic heterocycles. The molecule has 0 atom stereocenters. The smallest absolute Gasteiger partial charge is 0.270 e. The highest BCUT2D eigenvalue weighted by atomic mass is 32.2. The second kappa shape index (κ2) is 6.26. The van der Waals surface area contributed by atoms with Gasteiger partial charge in [-0.3, -0.25) is 4.79 Å². The Morgan fingerprint density at radius 3 is 2.96 bits per heavy atom. The molecule has 0 saturated heterocycles. The van der Waals surface area contributed by atoms with Gasteiger partial charge in [0.1, 0.15) is 22.8 Å². The third-order valence-electron chi connectivity index (χ3n) is 3.51. The molecule has 3 aromatic heterocycles. The summed E-state index contributed by atoms with van der Waals surface area (Å²) in [7, 11) is 0. The van der Waals surface area contributed by atoms with Crippen molar-refractivity contribution in [3.8, 4) is 17.5 Å². The Bertz CT molecular complexity index is 1140. The van der Waals surface area contributed by atoms with Crippen LogP contribution in [0.2, 0.25) is 0 Å². The zero-order chi connectivity index (χ0) is 17.2. The number of para-hydroxylation sites is 1. The fraction of sp³-hybridized carbons (Fsp3) is 0.0625. The molecular formula is C16H10N6O2S. The largest absolute Gasteiger partial charge is 0.463 e. The molecule has 0 unspecified atom stereocenters. The van der Waals surface area contributed by atoms with Crippen molar-refractivity contribution in [2.45, 2.75) is 11.0 Å². The summed E-state index contributed by atoms with van der Waals surface area (Å²) in [6.07, 6.45) is 1.47. The van der Waals surface area contributed by atoms with Crippen LogP contribution in [0.4, 0.5) is 0 Å². The number of hydrogen-bond acceptors (Lipinski definition) is 7. The average molecular weight is 350 g/mol. The molecule has 3 heterocycles. The molecule has 8 nitrogen and oxygen atoms in total. The maximum atomic E-state index is 12.2. The summed E-state index contributed by atoms with van der Waals surface area (Å²) in [6.45, 7) is 0. The number of aromatic amines is 1. The molecule has 0 bridgehead atoms. The summed E-state index contributed by atoms with van der Waals surface area (Å²) in [6, 6.07) is 12.8. The van der Waals surface area contributed by atoms with Crippen LogP contribution in [0.1, 0.15) is 5.56 Å². The molecule has 0 spiro atoms. The van der Waals surface area contributed by atoms with Crippen LogP contribution in [0.3, 0.4) is 0 Å². The number of nitrogens with zero attached hydrogens (tertiary/aromatic N) is 5. The number of hydrogen-bond donors (Lipinski definition) is 1. The second-order valence-corrected chi connectivity index (χ2v) is 5.97. The highest BCUT2D eigenvalue weighted by Crippen LogP contribution is 2.23. The zero-order valence-corrected chi connectivity index (χ0v) is 13.5. The molecule has 0 saturated carbocycles. The quantitative estimate of drug-likeness (QED) is 0.444. The Hall–Kier alpha value is -3.38. The van der Waals surface area contributed by atoms with Crippen molar-refractivity contribution in [1.82, 2.24) is 25.0 Å². The molecule has 0 aliphatic carbocycles. The Kier molecular flexibility index (Phi) is 3.80. The van der Waals surface area contributed by atoms with Gasteiger partial charge in [-0.2, -0.15) is 5.26 Å². The molecular weight excluding hydrogens is 340 g/mol. The second-order valence-electron chi connectivity index (χ2n) is 5.03. The van der Waals surface area contributed by atoms with E-state index in [-0.39, 0.29) is 11.3 Å². The van der Waals surface area contributed by atoms with Crippen LogP contribution < -0.4 is 5.56 Å². The van der Waals surface area contributed by atoms with E-state index in [0.717, 1.165) is 11.0 Å². The van der Waals surface area contributed by atoms with Crippen LogP contribution in [0.15, 0.2) is 57.0 Å². The van der Waals surface area contributed by atoms with Gasteiger partial charge < -0.3 is 9.40 Å². The third kappa shape index (κ3) is 2.79. The SMILES string of the molecule is N#Cc1c(-c2ccco2)nc(SCn2nnc3ccccc32)[nH]c1=O. The summed E-state index contributed by atoms with van der Waals surface area (Å²) in [5.74, 6) is 0.781. The van der Waals surface area contributed by atoms with Gasteiger partial charge in [0.25, 0.3) is 5.56 Å². The van der Waals surface area contributed by atoms with Crippen molar-refractivity contribution >= 4 is 22.8 Å². The fourth-order valence-corrected chi connectivity index (χ4v) is 3.11. The minimum Gasteiger partial charge on any atom is -0.463 e. The first kappa shape index (κ1) is 15.2. The number of H-pyrrole nitrogens is 1. The van der Waals surface area contributed by atoms with Gasteiger partial charge in [-0.05, 0) is 24.3 Å². The average Bonchev–Trinajstić information content (AvgIpc) is 3.29. The monoisotopic (exact) mass is 350 g/mol. The molecule has 0 amide bonds.